The molecule has 0 fully saturated rings. The first-order valence-corrected chi connectivity index (χ1v) is 6.37. The number of fused-ring (bicyclic) bond motifs is 1. The molecule has 2 atom stereocenters. The van der Waals surface area contributed by atoms with Crippen LogP contribution in [0.4, 0.5) is 8.78 Å². The topological polar surface area (TPSA) is 46.5 Å². The van der Waals surface area contributed by atoms with Gasteiger partial charge in [-0.05, 0) is 19.1 Å². The van der Waals surface area contributed by atoms with Gasteiger partial charge in [0.2, 0.25) is 0 Å². The lowest BCUT2D eigenvalue weighted by Crippen LogP contribution is -2.45. The summed E-state index contributed by atoms with van der Waals surface area (Å²) in [6, 6.07) is 2.75. The van der Waals surface area contributed by atoms with E-state index in [4.69, 9.17) is 33.0 Å². The number of hydrogen-bond donors (Lipinski definition) is 1. The Labute approximate surface area is 123 Å². The highest BCUT2D eigenvalue weighted by molar-refractivity contribution is 6.42. The number of alkyl halides is 2. The minimum Gasteiger partial charge on any atom is -0.481 e. The average Bonchev–Trinajstić information content (AvgIpc) is 2.38. The van der Waals surface area contributed by atoms with Gasteiger partial charge < -0.3 is 9.84 Å². The summed E-state index contributed by atoms with van der Waals surface area (Å²) in [6.45, 7) is -0.435. The largest absolute Gasteiger partial charge is 0.481 e. The summed E-state index contributed by atoms with van der Waals surface area (Å²) in [4.78, 5) is 11.2. The number of carboxylic acid groups (broad SMARTS) is 1. The number of carbonyl (C=O) groups is 1. The van der Waals surface area contributed by atoms with Gasteiger partial charge in [0.15, 0.2) is 11.8 Å². The molecule has 0 amide bonds. The third kappa shape index (κ3) is 2.60. The van der Waals surface area contributed by atoms with Crippen molar-refractivity contribution in [3.63, 3.8) is 0 Å². The van der Waals surface area contributed by atoms with Gasteiger partial charge in [0.25, 0.3) is 0 Å². The Balaban J connectivity index is 2.56. The number of aliphatic carboxylic acids is 1. The number of rotatable bonds is 3. The fraction of sp³-hybridized carbons (Fsp3) is 0.308. The van der Waals surface area contributed by atoms with E-state index in [2.05, 4.69) is 0 Å². The van der Waals surface area contributed by atoms with Crippen LogP contribution in [0.15, 0.2) is 17.7 Å². The van der Waals surface area contributed by atoms with Gasteiger partial charge in [0.05, 0.1) is 15.6 Å². The van der Waals surface area contributed by atoms with Gasteiger partial charge in [0, 0.05) is 11.6 Å². The van der Waals surface area contributed by atoms with E-state index in [9.17, 15) is 13.6 Å². The summed E-state index contributed by atoms with van der Waals surface area (Å²) in [5.74, 6) is -1.23. The lowest BCUT2D eigenvalue weighted by atomic mass is 9.91. The molecule has 0 aromatic heterocycles. The highest BCUT2D eigenvalue weighted by Crippen LogP contribution is 2.39. The molecule has 1 heterocycles. The predicted molar refractivity (Wildman–Crippen MR) is 72.0 cm³/mol. The zero-order chi connectivity index (χ0) is 15.1. The quantitative estimate of drug-likeness (QED) is 0.917. The van der Waals surface area contributed by atoms with Gasteiger partial charge in [0.1, 0.15) is 12.4 Å². The Morgan fingerprint density at radius 1 is 1.45 bits per heavy atom. The Bertz CT molecular complexity index is 600. The summed E-state index contributed by atoms with van der Waals surface area (Å²) in [7, 11) is 0. The smallest absolute Gasteiger partial charge is 0.335 e. The lowest BCUT2D eigenvalue weighted by molar-refractivity contribution is -0.134. The van der Waals surface area contributed by atoms with E-state index in [1.807, 2.05) is 0 Å². The average molecular weight is 323 g/mol. The van der Waals surface area contributed by atoms with Crippen molar-refractivity contribution in [2.75, 3.05) is 6.67 Å². The van der Waals surface area contributed by atoms with Crippen molar-refractivity contribution < 1.29 is 23.4 Å². The molecule has 2 unspecified atom stereocenters. The van der Waals surface area contributed by atoms with E-state index in [1.165, 1.54) is 18.2 Å². The molecular weight excluding hydrogens is 313 g/mol. The minimum atomic E-state index is -2.46. The van der Waals surface area contributed by atoms with Crippen LogP contribution in [0.1, 0.15) is 12.5 Å². The Morgan fingerprint density at radius 2 is 2.05 bits per heavy atom. The van der Waals surface area contributed by atoms with E-state index in [0.717, 1.165) is 6.92 Å². The van der Waals surface area contributed by atoms with Crippen LogP contribution in [-0.4, -0.2) is 29.5 Å². The molecule has 0 spiro atoms. The summed E-state index contributed by atoms with van der Waals surface area (Å²) in [6.07, 6.45) is -0.351. The molecule has 20 heavy (non-hydrogen) atoms. The maximum atomic E-state index is 14.1. The van der Waals surface area contributed by atoms with Gasteiger partial charge in [-0.25, -0.2) is 13.6 Å². The molecule has 2 rings (SSSR count). The highest BCUT2D eigenvalue weighted by Gasteiger charge is 2.43. The monoisotopic (exact) mass is 322 g/mol. The zero-order valence-corrected chi connectivity index (χ0v) is 11.8. The maximum Gasteiger partial charge on any atom is 0.335 e. The van der Waals surface area contributed by atoms with Crippen molar-refractivity contribution in [1.82, 2.24) is 0 Å². The fourth-order valence-electron chi connectivity index (χ4n) is 1.88. The highest BCUT2D eigenvalue weighted by atomic mass is 35.5. The van der Waals surface area contributed by atoms with E-state index in [-0.39, 0.29) is 21.4 Å². The van der Waals surface area contributed by atoms with Crippen molar-refractivity contribution in [3.8, 4) is 5.75 Å². The van der Waals surface area contributed by atoms with Gasteiger partial charge in [-0.1, -0.05) is 23.2 Å². The van der Waals surface area contributed by atoms with Crippen LogP contribution in [0.3, 0.4) is 0 Å². The second kappa shape index (κ2) is 5.22. The molecule has 3 nitrogen and oxygen atoms in total. The molecular formula is C13H10Cl2F2O3. The normalized spacial score (nSPS) is 20.4. The molecule has 0 radical (unpaired) electrons. The number of benzene rings is 1. The third-order valence-electron chi connectivity index (χ3n) is 2.95. The number of hydrogen-bond acceptors (Lipinski definition) is 2. The first kappa shape index (κ1) is 15.1. The Hall–Kier alpha value is -1.33. The van der Waals surface area contributed by atoms with Gasteiger partial charge in [-0.2, -0.15) is 0 Å². The summed E-state index contributed by atoms with van der Waals surface area (Å²) < 4.78 is 32.2. The van der Waals surface area contributed by atoms with E-state index >= 15 is 0 Å². The minimum absolute atomic E-state index is 0.159. The van der Waals surface area contributed by atoms with Crippen molar-refractivity contribution >= 4 is 35.2 Å². The third-order valence-corrected chi connectivity index (χ3v) is 3.67. The lowest BCUT2D eigenvalue weighted by Gasteiger charge is -2.32. The van der Waals surface area contributed by atoms with Crippen molar-refractivity contribution in [3.05, 3.63) is 33.3 Å². The van der Waals surface area contributed by atoms with E-state index < -0.39 is 24.4 Å². The summed E-state index contributed by atoms with van der Waals surface area (Å²) in [5.41, 5.74) is -2.49. The van der Waals surface area contributed by atoms with Crippen LogP contribution < -0.4 is 4.74 Å². The van der Waals surface area contributed by atoms with E-state index in [0.29, 0.717) is 5.56 Å². The van der Waals surface area contributed by atoms with Crippen LogP contribution in [0.25, 0.3) is 6.08 Å². The maximum absolute atomic E-state index is 14.1. The molecule has 1 aliphatic heterocycles. The molecule has 7 heteroatoms. The van der Waals surface area contributed by atoms with Gasteiger partial charge >= 0.3 is 5.97 Å². The molecule has 108 valence electrons. The van der Waals surface area contributed by atoms with Gasteiger partial charge in [-0.15, -0.1) is 0 Å². The molecule has 0 aliphatic carbocycles. The number of ether oxygens (including phenoxy) is 1. The number of halogens is 4. The van der Waals surface area contributed by atoms with Crippen molar-refractivity contribution in [2.24, 2.45) is 0 Å². The number of carboxylic acids is 1. The summed E-state index contributed by atoms with van der Waals surface area (Å²) >= 11 is 11.7. The second-order valence-electron chi connectivity index (χ2n) is 4.62. The first-order chi connectivity index (χ1) is 9.26. The van der Waals surface area contributed by atoms with Crippen molar-refractivity contribution in [1.29, 1.82) is 0 Å². The molecule has 0 saturated heterocycles. The molecule has 0 saturated carbocycles. The van der Waals surface area contributed by atoms with Crippen LogP contribution in [0.5, 0.6) is 5.75 Å². The standard InChI is InChI=1S/C13H10Cl2F2O3/c1-13(17,5-16)11-7(12(18)19)2-6-3-8(14)9(15)4-10(6)20-11/h2-4,11H,5H2,1H3,(H,18,19). The van der Waals surface area contributed by atoms with Crippen molar-refractivity contribution in [2.45, 2.75) is 18.7 Å². The Kier molecular flexibility index (Phi) is 3.93. The first-order valence-electron chi connectivity index (χ1n) is 5.61. The van der Waals surface area contributed by atoms with Crippen LogP contribution in [0, 0.1) is 0 Å². The molecule has 0 bridgehead atoms. The van der Waals surface area contributed by atoms with Gasteiger partial charge in [-0.3, -0.25) is 0 Å². The Morgan fingerprint density at radius 3 is 2.60 bits per heavy atom. The van der Waals surface area contributed by atoms with Crippen LogP contribution in [0.2, 0.25) is 10.0 Å². The second-order valence-corrected chi connectivity index (χ2v) is 5.43. The fourth-order valence-corrected chi connectivity index (χ4v) is 2.21. The SMILES string of the molecule is CC(F)(CF)C1Oc2cc(Cl)c(Cl)cc2C=C1C(=O)O. The summed E-state index contributed by atoms with van der Waals surface area (Å²) in [5, 5.41) is 9.51. The molecule has 1 aromatic rings. The molecule has 1 aromatic carbocycles. The molecule has 1 aliphatic rings. The van der Waals surface area contributed by atoms with E-state index in [1.54, 1.807) is 0 Å². The van der Waals surface area contributed by atoms with Crippen LogP contribution in [-0.2, 0) is 4.79 Å². The predicted octanol–water partition coefficient (Wildman–Crippen LogP) is 3.92. The molecule has 1 N–H and O–H groups in total. The zero-order valence-electron chi connectivity index (χ0n) is 10.3. The van der Waals surface area contributed by atoms with Crippen LogP contribution >= 0.6 is 23.2 Å².